The number of rotatable bonds is 32. The molecule has 1 aromatic rings. The van der Waals surface area contributed by atoms with Crippen molar-refractivity contribution in [2.75, 3.05) is 26.4 Å². The maximum absolute atomic E-state index is 13.9. The Bertz CT molecular complexity index is 1090. The van der Waals surface area contributed by atoms with Gasteiger partial charge in [-0.1, -0.05) is 158 Å². The smallest absolute Gasteiger partial charge is 0.339 e. The van der Waals surface area contributed by atoms with Gasteiger partial charge in [-0.2, -0.15) is 0 Å². The lowest BCUT2D eigenvalue weighted by Gasteiger charge is -2.17. The Hall–Kier alpha value is -2.90. The number of esters is 4. The van der Waals surface area contributed by atoms with E-state index in [1.54, 1.807) is 0 Å². The molecule has 0 atom stereocenters. The van der Waals surface area contributed by atoms with Gasteiger partial charge in [0, 0.05) is 0 Å². The van der Waals surface area contributed by atoms with E-state index in [4.69, 9.17) is 18.9 Å². The molecule has 0 aliphatic rings. The third-order valence-corrected chi connectivity index (χ3v) is 9.69. The summed E-state index contributed by atoms with van der Waals surface area (Å²) >= 11 is 0. The lowest BCUT2D eigenvalue weighted by Crippen LogP contribution is -2.24. The highest BCUT2D eigenvalue weighted by molar-refractivity contribution is 6.15. The van der Waals surface area contributed by atoms with Gasteiger partial charge >= 0.3 is 23.9 Å². The summed E-state index contributed by atoms with van der Waals surface area (Å²) in [5, 5.41) is 0. The Morgan fingerprint density at radius 1 is 0.352 bits per heavy atom. The molecule has 0 saturated carbocycles. The van der Waals surface area contributed by atoms with Crippen molar-refractivity contribution in [3.05, 3.63) is 34.4 Å². The summed E-state index contributed by atoms with van der Waals surface area (Å²) in [6, 6.07) is 2.75. The minimum Gasteiger partial charge on any atom is -0.462 e. The molecule has 0 aliphatic heterocycles. The molecule has 0 radical (unpaired) electrons. The first-order valence-electron chi connectivity index (χ1n) is 21.7. The van der Waals surface area contributed by atoms with Crippen LogP contribution in [0.4, 0.5) is 0 Å². The molecule has 0 fully saturated rings. The number of benzene rings is 1. The fraction of sp³-hybridized carbons (Fsp3) is 0.783. The van der Waals surface area contributed by atoms with Crippen molar-refractivity contribution in [1.29, 1.82) is 0 Å². The van der Waals surface area contributed by atoms with Crippen LogP contribution < -0.4 is 0 Å². The van der Waals surface area contributed by atoms with Crippen LogP contribution in [0.25, 0.3) is 0 Å². The molecule has 0 aromatic heterocycles. The predicted octanol–water partition coefficient (Wildman–Crippen LogP) is 12.7. The van der Waals surface area contributed by atoms with Crippen molar-refractivity contribution in [3.8, 4) is 0 Å². The van der Waals surface area contributed by atoms with Crippen molar-refractivity contribution < 1.29 is 38.1 Å². The molecule has 310 valence electrons. The van der Waals surface area contributed by atoms with Crippen LogP contribution in [-0.4, -0.2) is 50.3 Å². The third kappa shape index (κ3) is 23.1. The first kappa shape index (κ1) is 49.1. The van der Waals surface area contributed by atoms with Gasteiger partial charge in [-0.3, -0.25) is 0 Å². The van der Waals surface area contributed by atoms with Crippen LogP contribution in [0.5, 0.6) is 0 Å². The fourth-order valence-electron chi connectivity index (χ4n) is 6.36. The minimum absolute atomic E-state index is 0.112. The van der Waals surface area contributed by atoms with Crippen LogP contribution in [0.1, 0.15) is 225 Å². The van der Waals surface area contributed by atoms with Crippen LogP contribution in [0.2, 0.25) is 0 Å². The molecule has 8 heteroatoms. The summed E-state index contributed by atoms with van der Waals surface area (Å²) < 4.78 is 22.7. The summed E-state index contributed by atoms with van der Waals surface area (Å²) in [6.45, 7) is 18.3. The Balaban J connectivity index is 3.26. The summed E-state index contributed by atoms with van der Waals surface area (Å²) in [6.07, 6.45) is 19.5. The van der Waals surface area contributed by atoms with Gasteiger partial charge in [-0.05, 0) is 61.5 Å². The van der Waals surface area contributed by atoms with Gasteiger partial charge < -0.3 is 18.9 Å². The summed E-state index contributed by atoms with van der Waals surface area (Å²) in [5.74, 6) is -0.582. The molecule has 54 heavy (non-hydrogen) atoms. The quantitative estimate of drug-likeness (QED) is 0.0406. The lowest BCUT2D eigenvalue weighted by molar-refractivity contribution is 0.0415. The standard InChI is InChI=1S/C46H78O8/c1-35(2)25-17-9-13-21-31-51-43(47)39-29-30-40(44(48)52-32-22-14-10-18-26-36(3)4)42(46(50)54-34-24-16-12-20-28-38(7)8)41(39)45(49)53-33-23-15-11-19-27-37(5)6/h29-30,35-38H,9-28,31-34H2,1-8H3. The topological polar surface area (TPSA) is 105 Å². The molecule has 0 N–H and O–H groups in total. The van der Waals surface area contributed by atoms with E-state index in [-0.39, 0.29) is 48.7 Å². The Kier molecular flexibility index (Phi) is 27.6. The number of ether oxygens (including phenoxy) is 4. The summed E-state index contributed by atoms with van der Waals surface area (Å²) in [7, 11) is 0. The maximum atomic E-state index is 13.9. The molecule has 1 rings (SSSR count). The molecule has 0 unspecified atom stereocenters. The Labute approximate surface area is 329 Å². The molecule has 0 saturated heterocycles. The first-order valence-corrected chi connectivity index (χ1v) is 21.7. The van der Waals surface area contributed by atoms with Gasteiger partial charge in [-0.15, -0.1) is 0 Å². The predicted molar refractivity (Wildman–Crippen MR) is 219 cm³/mol. The van der Waals surface area contributed by atoms with E-state index >= 15 is 0 Å². The van der Waals surface area contributed by atoms with E-state index in [1.807, 2.05) is 0 Å². The van der Waals surface area contributed by atoms with Gasteiger partial charge in [0.15, 0.2) is 0 Å². The van der Waals surface area contributed by atoms with Crippen molar-refractivity contribution in [2.45, 2.75) is 184 Å². The van der Waals surface area contributed by atoms with E-state index in [0.717, 1.165) is 103 Å². The Morgan fingerprint density at radius 3 is 0.815 bits per heavy atom. The molecule has 0 aliphatic carbocycles. The monoisotopic (exact) mass is 759 g/mol. The van der Waals surface area contributed by atoms with Gasteiger partial charge in [0.2, 0.25) is 0 Å². The highest BCUT2D eigenvalue weighted by atomic mass is 16.5. The second kappa shape index (κ2) is 30.3. The Morgan fingerprint density at radius 2 is 0.574 bits per heavy atom. The molecular formula is C46H78O8. The minimum atomic E-state index is -0.849. The molecular weight excluding hydrogens is 680 g/mol. The van der Waals surface area contributed by atoms with Crippen molar-refractivity contribution in [3.63, 3.8) is 0 Å². The average Bonchev–Trinajstić information content (AvgIpc) is 3.11. The van der Waals surface area contributed by atoms with Crippen LogP contribution >= 0.6 is 0 Å². The van der Waals surface area contributed by atoms with Gasteiger partial charge in [0.25, 0.3) is 0 Å². The molecule has 0 amide bonds. The SMILES string of the molecule is CC(C)CCCCCCOC(=O)c1ccc(C(=O)OCCCCCCC(C)C)c(C(=O)OCCCCCCC(C)C)c1C(=O)OCCCCCCC(C)C. The molecule has 0 heterocycles. The van der Waals surface area contributed by atoms with E-state index in [1.165, 1.54) is 12.1 Å². The van der Waals surface area contributed by atoms with Crippen LogP contribution in [0.3, 0.4) is 0 Å². The normalized spacial score (nSPS) is 11.5. The third-order valence-electron chi connectivity index (χ3n) is 9.69. The van der Waals surface area contributed by atoms with Crippen LogP contribution in [0, 0.1) is 23.7 Å². The number of hydrogen-bond acceptors (Lipinski definition) is 8. The first-order chi connectivity index (χ1) is 25.8. The summed E-state index contributed by atoms with van der Waals surface area (Å²) in [5.41, 5.74) is -0.804. The van der Waals surface area contributed by atoms with Crippen molar-refractivity contribution in [2.24, 2.45) is 23.7 Å². The average molecular weight is 759 g/mol. The number of unbranched alkanes of at least 4 members (excludes halogenated alkanes) is 12. The maximum Gasteiger partial charge on any atom is 0.339 e. The molecule has 1 aromatic carbocycles. The second-order valence-corrected chi connectivity index (χ2v) is 16.8. The number of carbonyl (C=O) groups excluding carboxylic acids is 4. The molecule has 8 nitrogen and oxygen atoms in total. The zero-order valence-electron chi connectivity index (χ0n) is 35.7. The van der Waals surface area contributed by atoms with Gasteiger partial charge in [0.05, 0.1) is 48.7 Å². The van der Waals surface area contributed by atoms with Crippen LogP contribution in [0.15, 0.2) is 12.1 Å². The molecule has 0 bridgehead atoms. The van der Waals surface area contributed by atoms with E-state index in [0.29, 0.717) is 49.4 Å². The zero-order valence-corrected chi connectivity index (χ0v) is 35.7. The van der Waals surface area contributed by atoms with Crippen LogP contribution in [-0.2, 0) is 18.9 Å². The van der Waals surface area contributed by atoms with E-state index in [2.05, 4.69) is 55.4 Å². The van der Waals surface area contributed by atoms with E-state index < -0.39 is 23.9 Å². The highest BCUT2D eigenvalue weighted by Gasteiger charge is 2.33. The van der Waals surface area contributed by atoms with Crippen molar-refractivity contribution in [1.82, 2.24) is 0 Å². The fourth-order valence-corrected chi connectivity index (χ4v) is 6.36. The lowest BCUT2D eigenvalue weighted by atomic mass is 9.95. The largest absolute Gasteiger partial charge is 0.462 e. The van der Waals surface area contributed by atoms with Gasteiger partial charge in [0.1, 0.15) is 0 Å². The zero-order chi connectivity index (χ0) is 40.1. The van der Waals surface area contributed by atoms with E-state index in [9.17, 15) is 19.2 Å². The molecule has 0 spiro atoms. The number of carbonyl (C=O) groups is 4. The number of hydrogen-bond donors (Lipinski definition) is 0. The summed E-state index contributed by atoms with van der Waals surface area (Å²) in [4.78, 5) is 54.9. The van der Waals surface area contributed by atoms with Crippen molar-refractivity contribution >= 4 is 23.9 Å². The highest BCUT2D eigenvalue weighted by Crippen LogP contribution is 2.25. The van der Waals surface area contributed by atoms with Gasteiger partial charge in [-0.25, -0.2) is 19.2 Å². The second-order valence-electron chi connectivity index (χ2n) is 16.8.